The SMILES string of the molecule is Cc1cccc(NC(C[N+](=O)[O-])c2ccccn2)c1. The van der Waals surface area contributed by atoms with Crippen LogP contribution in [-0.2, 0) is 0 Å². The predicted molar refractivity (Wildman–Crippen MR) is 73.6 cm³/mol. The largest absolute Gasteiger partial charge is 0.371 e. The molecule has 19 heavy (non-hydrogen) atoms. The Morgan fingerprint density at radius 2 is 2.16 bits per heavy atom. The van der Waals surface area contributed by atoms with Gasteiger partial charge in [0, 0.05) is 16.8 Å². The molecule has 0 aliphatic rings. The van der Waals surface area contributed by atoms with Crippen LogP contribution in [0, 0.1) is 17.0 Å². The summed E-state index contributed by atoms with van der Waals surface area (Å²) in [6.45, 7) is 1.78. The van der Waals surface area contributed by atoms with E-state index in [9.17, 15) is 10.1 Å². The van der Waals surface area contributed by atoms with E-state index < -0.39 is 6.04 Å². The van der Waals surface area contributed by atoms with E-state index in [0.29, 0.717) is 5.69 Å². The van der Waals surface area contributed by atoms with Crippen LogP contribution < -0.4 is 5.32 Å². The van der Waals surface area contributed by atoms with Gasteiger partial charge in [-0.1, -0.05) is 18.2 Å². The molecule has 98 valence electrons. The quantitative estimate of drug-likeness (QED) is 0.660. The average molecular weight is 257 g/mol. The number of nitrogens with zero attached hydrogens (tertiary/aromatic N) is 2. The topological polar surface area (TPSA) is 68.1 Å². The molecule has 5 nitrogen and oxygen atoms in total. The molecule has 1 N–H and O–H groups in total. The van der Waals surface area contributed by atoms with Crippen LogP contribution >= 0.6 is 0 Å². The van der Waals surface area contributed by atoms with Gasteiger partial charge in [0.25, 0.3) is 0 Å². The lowest BCUT2D eigenvalue weighted by atomic mass is 10.1. The summed E-state index contributed by atoms with van der Waals surface area (Å²) in [6, 6.07) is 12.7. The second kappa shape index (κ2) is 5.95. The fraction of sp³-hybridized carbons (Fsp3) is 0.214. The van der Waals surface area contributed by atoms with Gasteiger partial charge in [-0.15, -0.1) is 0 Å². The van der Waals surface area contributed by atoms with Crippen molar-refractivity contribution in [2.45, 2.75) is 13.0 Å². The van der Waals surface area contributed by atoms with Gasteiger partial charge in [0.2, 0.25) is 6.54 Å². The van der Waals surface area contributed by atoms with E-state index in [-0.39, 0.29) is 11.5 Å². The van der Waals surface area contributed by atoms with E-state index in [1.807, 2.05) is 37.3 Å². The van der Waals surface area contributed by atoms with Crippen LogP contribution in [0.4, 0.5) is 5.69 Å². The Bertz CT molecular complexity index is 558. The first kappa shape index (κ1) is 13.0. The first-order valence-corrected chi connectivity index (χ1v) is 6.01. The molecule has 0 radical (unpaired) electrons. The van der Waals surface area contributed by atoms with Crippen LogP contribution in [0.3, 0.4) is 0 Å². The highest BCUT2D eigenvalue weighted by atomic mass is 16.6. The molecule has 5 heteroatoms. The highest BCUT2D eigenvalue weighted by Crippen LogP contribution is 2.19. The molecule has 0 bridgehead atoms. The minimum atomic E-state index is -0.432. The maximum Gasteiger partial charge on any atom is 0.229 e. The third-order valence-electron chi connectivity index (χ3n) is 2.74. The summed E-state index contributed by atoms with van der Waals surface area (Å²) in [5.41, 5.74) is 2.63. The Hall–Kier alpha value is -2.43. The van der Waals surface area contributed by atoms with Crippen molar-refractivity contribution in [2.24, 2.45) is 0 Å². The molecule has 0 amide bonds. The summed E-state index contributed by atoms with van der Waals surface area (Å²) in [4.78, 5) is 14.6. The van der Waals surface area contributed by atoms with Crippen molar-refractivity contribution in [1.29, 1.82) is 0 Å². The molecule has 0 saturated carbocycles. The van der Waals surface area contributed by atoms with Crippen LogP contribution in [0.25, 0.3) is 0 Å². The first-order valence-electron chi connectivity index (χ1n) is 6.01. The molecule has 0 aliphatic heterocycles. The summed E-state index contributed by atoms with van der Waals surface area (Å²) < 4.78 is 0. The van der Waals surface area contributed by atoms with Gasteiger partial charge in [-0.3, -0.25) is 15.1 Å². The lowest BCUT2D eigenvalue weighted by molar-refractivity contribution is -0.482. The van der Waals surface area contributed by atoms with Crippen molar-refractivity contribution in [2.75, 3.05) is 11.9 Å². The van der Waals surface area contributed by atoms with E-state index in [0.717, 1.165) is 11.3 Å². The summed E-state index contributed by atoms with van der Waals surface area (Å²) in [5, 5.41) is 13.9. The Morgan fingerprint density at radius 3 is 2.79 bits per heavy atom. The number of aryl methyl sites for hydroxylation is 1. The normalized spacial score (nSPS) is 11.8. The Labute approximate surface area is 111 Å². The monoisotopic (exact) mass is 257 g/mol. The number of pyridine rings is 1. The van der Waals surface area contributed by atoms with E-state index in [1.54, 1.807) is 18.3 Å². The molecule has 2 aromatic rings. The molecule has 0 fully saturated rings. The van der Waals surface area contributed by atoms with E-state index in [2.05, 4.69) is 10.3 Å². The van der Waals surface area contributed by atoms with Gasteiger partial charge in [-0.2, -0.15) is 0 Å². The zero-order valence-corrected chi connectivity index (χ0v) is 10.6. The van der Waals surface area contributed by atoms with Crippen LogP contribution in [0.5, 0.6) is 0 Å². The molecule has 1 aromatic carbocycles. The fourth-order valence-electron chi connectivity index (χ4n) is 1.88. The lowest BCUT2D eigenvalue weighted by Gasteiger charge is -2.16. The van der Waals surface area contributed by atoms with Gasteiger partial charge in [0.15, 0.2) is 0 Å². The van der Waals surface area contributed by atoms with Gasteiger partial charge in [0.1, 0.15) is 6.04 Å². The molecule has 1 heterocycles. The predicted octanol–water partition coefficient (Wildman–Crippen LogP) is 2.82. The first-order chi connectivity index (χ1) is 9.15. The van der Waals surface area contributed by atoms with E-state index >= 15 is 0 Å². The third-order valence-corrected chi connectivity index (χ3v) is 2.74. The number of hydrogen-bond donors (Lipinski definition) is 1. The van der Waals surface area contributed by atoms with Crippen molar-refractivity contribution in [3.8, 4) is 0 Å². The minimum Gasteiger partial charge on any atom is -0.371 e. The zero-order chi connectivity index (χ0) is 13.7. The maximum atomic E-state index is 10.8. The number of benzene rings is 1. The van der Waals surface area contributed by atoms with Crippen LogP contribution in [0.15, 0.2) is 48.7 Å². The fourth-order valence-corrected chi connectivity index (χ4v) is 1.88. The number of aromatic nitrogens is 1. The number of anilines is 1. The van der Waals surface area contributed by atoms with E-state index in [1.165, 1.54) is 0 Å². The highest BCUT2D eigenvalue weighted by molar-refractivity contribution is 5.47. The summed E-state index contributed by atoms with van der Waals surface area (Å²) in [7, 11) is 0. The average Bonchev–Trinajstić information content (AvgIpc) is 2.38. The van der Waals surface area contributed by atoms with Gasteiger partial charge >= 0.3 is 0 Å². The molecule has 1 aromatic heterocycles. The third kappa shape index (κ3) is 3.77. The van der Waals surface area contributed by atoms with Crippen molar-refractivity contribution in [3.05, 3.63) is 70.0 Å². The van der Waals surface area contributed by atoms with Crippen molar-refractivity contribution < 1.29 is 4.92 Å². The molecular formula is C14H15N3O2. The van der Waals surface area contributed by atoms with Gasteiger partial charge in [-0.25, -0.2) is 0 Å². The smallest absolute Gasteiger partial charge is 0.229 e. The second-order valence-corrected chi connectivity index (χ2v) is 4.34. The number of nitro groups is 1. The van der Waals surface area contributed by atoms with Crippen LogP contribution in [0.2, 0.25) is 0 Å². The Kier molecular flexibility index (Phi) is 4.07. The van der Waals surface area contributed by atoms with Gasteiger partial charge < -0.3 is 5.32 Å². The van der Waals surface area contributed by atoms with Crippen LogP contribution in [0.1, 0.15) is 17.3 Å². The molecule has 2 rings (SSSR count). The maximum absolute atomic E-state index is 10.8. The summed E-state index contributed by atoms with van der Waals surface area (Å²) in [6.07, 6.45) is 1.64. The number of hydrogen-bond acceptors (Lipinski definition) is 4. The minimum absolute atomic E-state index is 0.203. The second-order valence-electron chi connectivity index (χ2n) is 4.34. The molecule has 0 saturated heterocycles. The molecule has 0 spiro atoms. The van der Waals surface area contributed by atoms with Crippen molar-refractivity contribution in [3.63, 3.8) is 0 Å². The van der Waals surface area contributed by atoms with Crippen molar-refractivity contribution in [1.82, 2.24) is 4.98 Å². The molecule has 1 unspecified atom stereocenters. The zero-order valence-electron chi connectivity index (χ0n) is 10.6. The Morgan fingerprint density at radius 1 is 1.32 bits per heavy atom. The van der Waals surface area contributed by atoms with Gasteiger partial charge in [0.05, 0.1) is 5.69 Å². The van der Waals surface area contributed by atoms with Crippen molar-refractivity contribution >= 4 is 5.69 Å². The molecular weight excluding hydrogens is 242 g/mol. The lowest BCUT2D eigenvalue weighted by Crippen LogP contribution is -2.21. The van der Waals surface area contributed by atoms with Gasteiger partial charge in [-0.05, 0) is 36.8 Å². The summed E-state index contributed by atoms with van der Waals surface area (Å²) in [5.74, 6) is 0. The van der Waals surface area contributed by atoms with E-state index in [4.69, 9.17) is 0 Å². The molecule has 1 atom stereocenters. The number of rotatable bonds is 5. The molecule has 0 aliphatic carbocycles. The standard InChI is InChI=1S/C14H15N3O2/c1-11-5-4-6-12(9-11)16-14(10-17(18)19)13-7-2-3-8-15-13/h2-9,14,16H,10H2,1H3. The summed E-state index contributed by atoms with van der Waals surface area (Å²) >= 11 is 0. The number of nitrogens with one attached hydrogen (secondary N) is 1. The van der Waals surface area contributed by atoms with Crippen LogP contribution in [-0.4, -0.2) is 16.5 Å². The Balaban J connectivity index is 2.21. The highest BCUT2D eigenvalue weighted by Gasteiger charge is 2.18.